The third kappa shape index (κ3) is 3.19. The van der Waals surface area contributed by atoms with E-state index in [2.05, 4.69) is 30.8 Å². The van der Waals surface area contributed by atoms with E-state index in [1.165, 1.54) is 11.1 Å². The van der Waals surface area contributed by atoms with Gasteiger partial charge in [0.1, 0.15) is 0 Å². The molecule has 0 saturated carbocycles. The Morgan fingerprint density at radius 2 is 1.59 bits per heavy atom. The molecule has 0 aliphatic heterocycles. The molecule has 0 aliphatic rings. The summed E-state index contributed by atoms with van der Waals surface area (Å²) in [5.74, 6) is 0. The van der Waals surface area contributed by atoms with Crippen molar-refractivity contribution in [2.45, 2.75) is 6.04 Å². The summed E-state index contributed by atoms with van der Waals surface area (Å²) in [5.41, 5.74) is 9.42. The van der Waals surface area contributed by atoms with Gasteiger partial charge in [-0.05, 0) is 22.8 Å². The van der Waals surface area contributed by atoms with Gasteiger partial charge in [-0.3, -0.25) is 0 Å². The van der Waals surface area contributed by atoms with Crippen molar-refractivity contribution in [3.8, 4) is 11.1 Å². The van der Waals surface area contributed by atoms with Crippen LogP contribution in [0, 0.1) is 0 Å². The monoisotopic (exact) mass is 245 g/mol. The van der Waals surface area contributed by atoms with Crippen LogP contribution in [-0.2, 0) is 0 Å². The van der Waals surface area contributed by atoms with E-state index in [0.717, 1.165) is 5.56 Å². The van der Waals surface area contributed by atoms with Crippen LogP contribution < -0.4 is 5.73 Å². The highest BCUT2D eigenvalue weighted by atomic mass is 35.5. The van der Waals surface area contributed by atoms with Crippen molar-refractivity contribution in [2.24, 2.45) is 5.73 Å². The molecule has 88 valence electrons. The Morgan fingerprint density at radius 1 is 0.941 bits per heavy atom. The molecule has 0 radical (unpaired) electrons. The predicted octanol–water partition coefficient (Wildman–Crippen LogP) is 3.96. The van der Waals surface area contributed by atoms with Gasteiger partial charge in [-0.25, -0.2) is 0 Å². The molecule has 0 aliphatic carbocycles. The number of benzene rings is 2. The molecule has 0 bridgehead atoms. The Labute approximate surface area is 108 Å². The first-order chi connectivity index (χ1) is 7.81. The van der Waals surface area contributed by atoms with Crippen molar-refractivity contribution in [2.75, 3.05) is 0 Å². The number of hydrogen-bond acceptors (Lipinski definition) is 1. The average Bonchev–Trinajstić information content (AvgIpc) is 2.39. The molecule has 1 nitrogen and oxygen atoms in total. The van der Waals surface area contributed by atoms with Gasteiger partial charge in [0, 0.05) is 6.04 Å². The van der Waals surface area contributed by atoms with Crippen LogP contribution in [0.1, 0.15) is 11.6 Å². The van der Waals surface area contributed by atoms with Crippen LogP contribution >= 0.6 is 12.4 Å². The Balaban J connectivity index is 0.00000144. The zero-order valence-corrected chi connectivity index (χ0v) is 10.4. The van der Waals surface area contributed by atoms with E-state index in [0.29, 0.717) is 0 Å². The third-order valence-electron chi connectivity index (χ3n) is 2.63. The van der Waals surface area contributed by atoms with E-state index in [9.17, 15) is 0 Å². The lowest BCUT2D eigenvalue weighted by Gasteiger charge is -2.09. The molecule has 0 spiro atoms. The Morgan fingerprint density at radius 3 is 2.24 bits per heavy atom. The summed E-state index contributed by atoms with van der Waals surface area (Å²) >= 11 is 0. The molecule has 17 heavy (non-hydrogen) atoms. The van der Waals surface area contributed by atoms with E-state index < -0.39 is 0 Å². The lowest BCUT2D eigenvalue weighted by atomic mass is 10.00. The first kappa shape index (κ1) is 13.5. The molecule has 0 unspecified atom stereocenters. The van der Waals surface area contributed by atoms with Crippen molar-refractivity contribution < 1.29 is 0 Å². The summed E-state index contributed by atoms with van der Waals surface area (Å²) in [4.78, 5) is 0. The smallest absolute Gasteiger partial charge is 0.0478 e. The van der Waals surface area contributed by atoms with Crippen molar-refractivity contribution in [3.05, 3.63) is 72.8 Å². The summed E-state index contributed by atoms with van der Waals surface area (Å²) in [7, 11) is 0. The van der Waals surface area contributed by atoms with E-state index in [4.69, 9.17) is 5.73 Å². The van der Waals surface area contributed by atoms with Crippen LogP contribution in [0.4, 0.5) is 0 Å². The minimum absolute atomic E-state index is 0. The molecule has 0 saturated heterocycles. The minimum atomic E-state index is -0.0938. The Bertz CT molecular complexity index is 479. The van der Waals surface area contributed by atoms with Crippen molar-refractivity contribution in [3.63, 3.8) is 0 Å². The highest BCUT2D eigenvalue weighted by Gasteiger charge is 2.02. The van der Waals surface area contributed by atoms with Crippen LogP contribution in [-0.4, -0.2) is 0 Å². The largest absolute Gasteiger partial charge is 0.321 e. The Kier molecular flexibility index (Phi) is 4.95. The van der Waals surface area contributed by atoms with Crippen molar-refractivity contribution in [1.29, 1.82) is 0 Å². The number of rotatable bonds is 3. The van der Waals surface area contributed by atoms with Crippen LogP contribution in [0.25, 0.3) is 11.1 Å². The first-order valence-corrected chi connectivity index (χ1v) is 5.35. The molecule has 2 heteroatoms. The molecule has 0 amide bonds. The minimum Gasteiger partial charge on any atom is -0.321 e. The number of nitrogens with two attached hydrogens (primary N) is 1. The first-order valence-electron chi connectivity index (χ1n) is 5.35. The second kappa shape index (κ2) is 6.24. The van der Waals surface area contributed by atoms with E-state index in [-0.39, 0.29) is 18.4 Å². The Hall–Kier alpha value is -1.57. The summed E-state index contributed by atoms with van der Waals surface area (Å²) < 4.78 is 0. The standard InChI is InChI=1S/C15H15N.ClH/c1-2-15(16)14-10-6-9-13(11-14)12-7-4-3-5-8-12;/h2-11,15H,1,16H2;1H/t15-;/m1./s1. The molecule has 2 aromatic rings. The normalized spacial score (nSPS) is 11.4. The zero-order chi connectivity index (χ0) is 11.4. The number of halogens is 1. The lowest BCUT2D eigenvalue weighted by Crippen LogP contribution is -2.06. The molecule has 1 atom stereocenters. The molecule has 2 aromatic carbocycles. The van der Waals surface area contributed by atoms with Crippen molar-refractivity contribution in [1.82, 2.24) is 0 Å². The van der Waals surface area contributed by atoms with Gasteiger partial charge in [-0.2, -0.15) is 0 Å². The SMILES string of the molecule is C=C[C@@H](N)c1cccc(-c2ccccc2)c1.Cl. The van der Waals surface area contributed by atoms with Gasteiger partial charge < -0.3 is 5.73 Å². The maximum absolute atomic E-state index is 5.92. The highest BCUT2D eigenvalue weighted by Crippen LogP contribution is 2.22. The van der Waals surface area contributed by atoms with Gasteiger partial charge in [-0.15, -0.1) is 19.0 Å². The second-order valence-electron chi connectivity index (χ2n) is 3.75. The molecule has 0 heterocycles. The van der Waals surface area contributed by atoms with Gasteiger partial charge in [0.05, 0.1) is 0 Å². The quantitative estimate of drug-likeness (QED) is 0.814. The summed E-state index contributed by atoms with van der Waals surface area (Å²) in [6.07, 6.45) is 1.75. The fourth-order valence-electron chi connectivity index (χ4n) is 1.69. The molecule has 0 aromatic heterocycles. The van der Waals surface area contributed by atoms with Gasteiger partial charge in [0.25, 0.3) is 0 Å². The van der Waals surface area contributed by atoms with E-state index in [1.54, 1.807) is 6.08 Å². The summed E-state index contributed by atoms with van der Waals surface area (Å²) in [6, 6.07) is 18.4. The number of hydrogen-bond donors (Lipinski definition) is 1. The fourth-order valence-corrected chi connectivity index (χ4v) is 1.69. The molecular formula is C15H16ClN. The third-order valence-corrected chi connectivity index (χ3v) is 2.63. The van der Waals surface area contributed by atoms with Gasteiger partial charge in [-0.1, -0.05) is 54.6 Å². The highest BCUT2D eigenvalue weighted by molar-refractivity contribution is 5.85. The van der Waals surface area contributed by atoms with Crippen LogP contribution in [0.3, 0.4) is 0 Å². The van der Waals surface area contributed by atoms with Crippen LogP contribution in [0.2, 0.25) is 0 Å². The topological polar surface area (TPSA) is 26.0 Å². The maximum Gasteiger partial charge on any atom is 0.0478 e. The molecular weight excluding hydrogens is 230 g/mol. The molecule has 2 N–H and O–H groups in total. The fraction of sp³-hybridized carbons (Fsp3) is 0.0667. The second-order valence-corrected chi connectivity index (χ2v) is 3.75. The van der Waals surface area contributed by atoms with E-state index >= 15 is 0 Å². The average molecular weight is 246 g/mol. The van der Waals surface area contributed by atoms with Gasteiger partial charge >= 0.3 is 0 Å². The van der Waals surface area contributed by atoms with Gasteiger partial charge in [0.15, 0.2) is 0 Å². The summed E-state index contributed by atoms with van der Waals surface area (Å²) in [5, 5.41) is 0. The van der Waals surface area contributed by atoms with Crippen LogP contribution in [0.15, 0.2) is 67.3 Å². The zero-order valence-electron chi connectivity index (χ0n) is 9.54. The molecule has 0 fully saturated rings. The van der Waals surface area contributed by atoms with E-state index in [1.807, 2.05) is 30.3 Å². The lowest BCUT2D eigenvalue weighted by molar-refractivity contribution is 0.915. The van der Waals surface area contributed by atoms with Gasteiger partial charge in [0.2, 0.25) is 0 Å². The predicted molar refractivity (Wildman–Crippen MR) is 76.3 cm³/mol. The maximum atomic E-state index is 5.92. The molecule has 2 rings (SSSR count). The van der Waals surface area contributed by atoms with Crippen molar-refractivity contribution >= 4 is 12.4 Å². The van der Waals surface area contributed by atoms with Crippen LogP contribution in [0.5, 0.6) is 0 Å². The summed E-state index contributed by atoms with van der Waals surface area (Å²) in [6.45, 7) is 3.71.